The van der Waals surface area contributed by atoms with E-state index >= 15 is 0 Å². The molecule has 0 saturated carbocycles. The van der Waals surface area contributed by atoms with Crippen molar-refractivity contribution < 1.29 is 4.79 Å². The molecular formula is C38H28Cl4N2O. The molecule has 1 aromatic heterocycles. The van der Waals surface area contributed by atoms with E-state index in [4.69, 9.17) is 51.4 Å². The van der Waals surface area contributed by atoms with Gasteiger partial charge in [-0.15, -0.1) is 0 Å². The Labute approximate surface area is 283 Å². The van der Waals surface area contributed by atoms with E-state index in [1.165, 1.54) is 0 Å². The van der Waals surface area contributed by atoms with E-state index in [-0.39, 0.29) is 5.91 Å². The number of fused-ring (bicyclic) bond motifs is 1. The zero-order valence-electron chi connectivity index (χ0n) is 24.6. The fraction of sp³-hybridized carbons (Fsp3) is 0.105. The summed E-state index contributed by atoms with van der Waals surface area (Å²) in [6, 6.07) is 33.1. The van der Waals surface area contributed by atoms with E-state index in [1.807, 2.05) is 117 Å². The lowest BCUT2D eigenvalue weighted by Gasteiger charge is -2.26. The number of nitrogens with zero attached hydrogens (tertiary/aromatic N) is 2. The molecule has 1 amide bonds. The van der Waals surface area contributed by atoms with Gasteiger partial charge in [0.15, 0.2) is 0 Å². The summed E-state index contributed by atoms with van der Waals surface area (Å²) in [6.45, 7) is 5.06. The Kier molecular flexibility index (Phi) is 9.16. The maximum atomic E-state index is 14.2. The zero-order valence-corrected chi connectivity index (χ0v) is 27.6. The summed E-state index contributed by atoms with van der Waals surface area (Å²) in [4.78, 5) is 20.8. The molecule has 0 spiro atoms. The van der Waals surface area contributed by atoms with Crippen LogP contribution in [-0.2, 0) is 0 Å². The first-order valence-corrected chi connectivity index (χ1v) is 16.1. The quantitative estimate of drug-likeness (QED) is 0.169. The van der Waals surface area contributed by atoms with E-state index in [1.54, 1.807) is 11.1 Å². The van der Waals surface area contributed by atoms with Crippen LogP contribution >= 0.6 is 46.4 Å². The van der Waals surface area contributed by atoms with Gasteiger partial charge in [-0.3, -0.25) is 9.78 Å². The Morgan fingerprint density at radius 1 is 0.533 bits per heavy atom. The molecule has 6 aromatic rings. The number of halogens is 4. The molecular weight excluding hydrogens is 642 g/mol. The van der Waals surface area contributed by atoms with Crippen LogP contribution in [0.3, 0.4) is 0 Å². The van der Waals surface area contributed by atoms with Crippen LogP contribution in [0.15, 0.2) is 109 Å². The van der Waals surface area contributed by atoms with Crippen molar-refractivity contribution in [2.45, 2.75) is 13.8 Å². The predicted molar refractivity (Wildman–Crippen MR) is 191 cm³/mol. The van der Waals surface area contributed by atoms with Crippen LogP contribution in [0, 0.1) is 0 Å². The molecule has 45 heavy (non-hydrogen) atoms. The van der Waals surface area contributed by atoms with Gasteiger partial charge >= 0.3 is 0 Å². The SMILES string of the molecule is CCN(CC)C(=O)c1nccc2c(-c3ccc(Cl)cc3)c(-c3ccc(Cl)cc3)c(-c3ccc(Cl)cc3)c(-c3ccc(Cl)cc3)c12. The molecule has 0 radical (unpaired) electrons. The summed E-state index contributed by atoms with van der Waals surface area (Å²) in [5.41, 5.74) is 7.83. The van der Waals surface area contributed by atoms with Crippen molar-refractivity contribution in [3.8, 4) is 44.5 Å². The molecule has 0 N–H and O–H groups in total. The second-order valence-corrected chi connectivity index (χ2v) is 12.3. The highest BCUT2D eigenvalue weighted by Crippen LogP contribution is 2.51. The molecule has 0 aliphatic rings. The highest BCUT2D eigenvalue weighted by atomic mass is 35.5. The van der Waals surface area contributed by atoms with Crippen molar-refractivity contribution in [2.75, 3.05) is 13.1 Å². The van der Waals surface area contributed by atoms with Gasteiger partial charge in [-0.1, -0.05) is 94.9 Å². The lowest BCUT2D eigenvalue weighted by Crippen LogP contribution is -2.31. The van der Waals surface area contributed by atoms with E-state index in [0.717, 1.165) is 55.3 Å². The van der Waals surface area contributed by atoms with Gasteiger partial charge in [0, 0.05) is 50.3 Å². The number of hydrogen-bond donors (Lipinski definition) is 0. The Hall–Kier alpha value is -3.86. The Morgan fingerprint density at radius 3 is 1.29 bits per heavy atom. The highest BCUT2D eigenvalue weighted by Gasteiger charge is 2.28. The Balaban J connectivity index is 1.92. The number of rotatable bonds is 7. The lowest BCUT2D eigenvalue weighted by molar-refractivity contribution is 0.0769. The first-order chi connectivity index (χ1) is 21.8. The van der Waals surface area contributed by atoms with E-state index in [9.17, 15) is 4.79 Å². The van der Waals surface area contributed by atoms with Crippen molar-refractivity contribution in [3.63, 3.8) is 0 Å². The van der Waals surface area contributed by atoms with Crippen molar-refractivity contribution >= 4 is 63.1 Å². The van der Waals surface area contributed by atoms with Gasteiger partial charge in [0.05, 0.1) is 0 Å². The van der Waals surface area contributed by atoms with Gasteiger partial charge < -0.3 is 4.90 Å². The van der Waals surface area contributed by atoms with E-state index in [2.05, 4.69) is 0 Å². The lowest BCUT2D eigenvalue weighted by atomic mass is 9.78. The minimum absolute atomic E-state index is 0.135. The molecule has 0 fully saturated rings. The molecule has 0 aliphatic heterocycles. The van der Waals surface area contributed by atoms with Crippen LogP contribution in [0.1, 0.15) is 24.3 Å². The summed E-state index contributed by atoms with van der Waals surface area (Å²) in [6.07, 6.45) is 1.72. The topological polar surface area (TPSA) is 33.2 Å². The second-order valence-electron chi connectivity index (χ2n) is 10.6. The van der Waals surface area contributed by atoms with Crippen molar-refractivity contribution in [2.24, 2.45) is 0 Å². The monoisotopic (exact) mass is 668 g/mol. The number of benzene rings is 5. The molecule has 6 rings (SSSR count). The van der Waals surface area contributed by atoms with Crippen LogP contribution in [0.25, 0.3) is 55.3 Å². The molecule has 1 heterocycles. The Bertz CT molecular complexity index is 2000. The Morgan fingerprint density at radius 2 is 0.889 bits per heavy atom. The average Bonchev–Trinajstić information content (AvgIpc) is 3.06. The van der Waals surface area contributed by atoms with Gasteiger partial charge in [-0.05, 0) is 113 Å². The summed E-state index contributed by atoms with van der Waals surface area (Å²) in [5, 5.41) is 4.14. The second kappa shape index (κ2) is 13.2. The average molecular weight is 670 g/mol. The predicted octanol–water partition coefficient (Wildman–Crippen LogP) is 12.0. The summed E-state index contributed by atoms with van der Waals surface area (Å²) in [7, 11) is 0. The molecule has 224 valence electrons. The van der Waals surface area contributed by atoms with E-state index in [0.29, 0.717) is 38.9 Å². The first-order valence-electron chi connectivity index (χ1n) is 14.6. The molecule has 0 atom stereocenters. The normalized spacial score (nSPS) is 11.2. The highest BCUT2D eigenvalue weighted by molar-refractivity contribution is 6.32. The standard InChI is InChI=1S/C38H28Cl4N2O/c1-3-44(4-2)38(45)37-36-31(21-22-43-37)32(23-5-13-27(39)14-6-23)33(24-7-15-28(40)16-8-24)34(25-9-17-29(41)18-10-25)35(36)26-11-19-30(42)20-12-26/h5-22H,3-4H2,1-2H3. The third-order valence-electron chi connectivity index (χ3n) is 8.01. The van der Waals surface area contributed by atoms with Gasteiger partial charge in [-0.2, -0.15) is 0 Å². The fourth-order valence-electron chi connectivity index (χ4n) is 5.89. The summed E-state index contributed by atoms with van der Waals surface area (Å²) >= 11 is 25.6. The maximum absolute atomic E-state index is 14.2. The molecule has 0 bridgehead atoms. The third kappa shape index (κ3) is 6.06. The minimum Gasteiger partial charge on any atom is -0.338 e. The number of amides is 1. The smallest absolute Gasteiger partial charge is 0.273 e. The van der Waals surface area contributed by atoms with Crippen molar-refractivity contribution in [1.29, 1.82) is 0 Å². The van der Waals surface area contributed by atoms with Gasteiger partial charge in [0.25, 0.3) is 5.91 Å². The maximum Gasteiger partial charge on any atom is 0.273 e. The third-order valence-corrected chi connectivity index (χ3v) is 9.01. The van der Waals surface area contributed by atoms with Crippen LogP contribution < -0.4 is 0 Å². The molecule has 0 saturated heterocycles. The summed E-state index contributed by atoms with van der Waals surface area (Å²) in [5.74, 6) is -0.135. The van der Waals surface area contributed by atoms with Gasteiger partial charge in [0.1, 0.15) is 5.69 Å². The largest absolute Gasteiger partial charge is 0.338 e. The van der Waals surface area contributed by atoms with Crippen molar-refractivity contribution in [3.05, 3.63) is 135 Å². The van der Waals surface area contributed by atoms with Gasteiger partial charge in [0.2, 0.25) is 0 Å². The fourth-order valence-corrected chi connectivity index (χ4v) is 6.39. The molecule has 0 unspecified atom stereocenters. The molecule has 3 nitrogen and oxygen atoms in total. The molecule has 7 heteroatoms. The molecule has 5 aromatic carbocycles. The van der Waals surface area contributed by atoms with Gasteiger partial charge in [-0.25, -0.2) is 0 Å². The number of aromatic nitrogens is 1. The number of hydrogen-bond acceptors (Lipinski definition) is 2. The first kappa shape index (κ1) is 31.1. The molecule has 0 aliphatic carbocycles. The summed E-state index contributed by atoms with van der Waals surface area (Å²) < 4.78 is 0. The van der Waals surface area contributed by atoms with Crippen LogP contribution in [0.4, 0.5) is 0 Å². The minimum atomic E-state index is -0.135. The van der Waals surface area contributed by atoms with Crippen LogP contribution in [0.5, 0.6) is 0 Å². The van der Waals surface area contributed by atoms with Crippen LogP contribution in [-0.4, -0.2) is 28.9 Å². The number of pyridine rings is 1. The van der Waals surface area contributed by atoms with E-state index < -0.39 is 0 Å². The number of carbonyl (C=O) groups is 1. The van der Waals surface area contributed by atoms with Crippen molar-refractivity contribution in [1.82, 2.24) is 9.88 Å². The number of carbonyl (C=O) groups excluding carboxylic acids is 1. The zero-order chi connectivity index (χ0) is 31.7. The van der Waals surface area contributed by atoms with Crippen LogP contribution in [0.2, 0.25) is 20.1 Å².